The van der Waals surface area contributed by atoms with Gasteiger partial charge in [0, 0.05) is 36.1 Å². The minimum atomic E-state index is -0.0370. The summed E-state index contributed by atoms with van der Waals surface area (Å²) in [5, 5.41) is 8.45. The maximum absolute atomic E-state index is 13.3. The molecule has 1 fully saturated rings. The average molecular weight is 464 g/mol. The van der Waals surface area contributed by atoms with Crippen LogP contribution in [0.1, 0.15) is 28.1 Å². The van der Waals surface area contributed by atoms with Gasteiger partial charge in [-0.2, -0.15) is 0 Å². The molecule has 2 aromatic carbocycles. The van der Waals surface area contributed by atoms with Gasteiger partial charge in [-0.05, 0) is 67.1 Å². The summed E-state index contributed by atoms with van der Waals surface area (Å²) >= 11 is 1.71. The zero-order valence-electron chi connectivity index (χ0n) is 18.8. The Bertz CT molecular complexity index is 1060. The molecular weight excluding hydrogens is 434 g/mol. The number of rotatable bonds is 8. The lowest BCUT2D eigenvalue weighted by molar-refractivity contribution is -0.126. The SMILES string of the molecule is COc1ccc(Nc2ccccc2C(=O)N2CCC(C(=O)NCCc3cccs3)CC2)cc1. The Hall–Kier alpha value is -3.32. The lowest BCUT2D eigenvalue weighted by Gasteiger charge is -2.32. The van der Waals surface area contributed by atoms with Crippen molar-refractivity contribution in [2.45, 2.75) is 19.3 Å². The largest absolute Gasteiger partial charge is 0.497 e. The molecule has 1 aromatic heterocycles. The molecule has 172 valence electrons. The zero-order valence-corrected chi connectivity index (χ0v) is 19.6. The van der Waals surface area contributed by atoms with E-state index in [2.05, 4.69) is 22.1 Å². The van der Waals surface area contributed by atoms with Crippen LogP contribution >= 0.6 is 11.3 Å². The summed E-state index contributed by atoms with van der Waals surface area (Å²) in [5.74, 6) is 0.830. The van der Waals surface area contributed by atoms with E-state index in [-0.39, 0.29) is 17.7 Å². The van der Waals surface area contributed by atoms with Gasteiger partial charge in [-0.3, -0.25) is 9.59 Å². The van der Waals surface area contributed by atoms with Crippen molar-refractivity contribution < 1.29 is 14.3 Å². The average Bonchev–Trinajstić information content (AvgIpc) is 3.38. The molecule has 1 aliphatic heterocycles. The van der Waals surface area contributed by atoms with E-state index in [1.807, 2.05) is 59.5 Å². The number of carbonyl (C=O) groups excluding carboxylic acids is 2. The number of nitrogens with zero attached hydrogens (tertiary/aromatic N) is 1. The fourth-order valence-corrected chi connectivity index (χ4v) is 4.74. The Morgan fingerprint density at radius 3 is 2.48 bits per heavy atom. The molecule has 0 atom stereocenters. The molecule has 6 nitrogen and oxygen atoms in total. The molecule has 3 aromatic rings. The first-order valence-corrected chi connectivity index (χ1v) is 12.1. The van der Waals surface area contributed by atoms with Crippen LogP contribution in [0.25, 0.3) is 0 Å². The van der Waals surface area contributed by atoms with Crippen LogP contribution in [0.2, 0.25) is 0 Å². The number of carbonyl (C=O) groups is 2. The summed E-state index contributed by atoms with van der Waals surface area (Å²) in [6.07, 6.45) is 2.23. The highest BCUT2D eigenvalue weighted by atomic mass is 32.1. The Morgan fingerprint density at radius 2 is 1.79 bits per heavy atom. The molecule has 0 saturated carbocycles. The van der Waals surface area contributed by atoms with Crippen LogP contribution in [-0.2, 0) is 11.2 Å². The molecule has 33 heavy (non-hydrogen) atoms. The number of hydrogen-bond donors (Lipinski definition) is 2. The van der Waals surface area contributed by atoms with E-state index >= 15 is 0 Å². The highest BCUT2D eigenvalue weighted by Gasteiger charge is 2.28. The Morgan fingerprint density at radius 1 is 1.03 bits per heavy atom. The number of anilines is 2. The van der Waals surface area contributed by atoms with Gasteiger partial charge in [0.05, 0.1) is 18.4 Å². The molecular formula is C26H29N3O3S. The Labute approximate surface area is 198 Å². The normalized spacial score (nSPS) is 14.0. The van der Waals surface area contributed by atoms with Gasteiger partial charge < -0.3 is 20.3 Å². The Balaban J connectivity index is 1.31. The second kappa shape index (κ2) is 11.0. The summed E-state index contributed by atoms with van der Waals surface area (Å²) in [6.45, 7) is 1.82. The van der Waals surface area contributed by atoms with E-state index in [0.717, 1.165) is 23.5 Å². The quantitative estimate of drug-likeness (QED) is 0.508. The molecule has 1 aliphatic rings. The molecule has 0 bridgehead atoms. The van der Waals surface area contributed by atoms with Crippen molar-refractivity contribution in [3.63, 3.8) is 0 Å². The number of nitrogens with one attached hydrogen (secondary N) is 2. The maximum Gasteiger partial charge on any atom is 0.255 e. The predicted octanol–water partition coefficient (Wildman–Crippen LogP) is 4.71. The van der Waals surface area contributed by atoms with Gasteiger partial charge in [0.25, 0.3) is 5.91 Å². The highest BCUT2D eigenvalue weighted by Crippen LogP contribution is 2.26. The lowest BCUT2D eigenvalue weighted by atomic mass is 9.95. The van der Waals surface area contributed by atoms with Crippen LogP contribution < -0.4 is 15.4 Å². The maximum atomic E-state index is 13.3. The van der Waals surface area contributed by atoms with Crippen LogP contribution in [0, 0.1) is 5.92 Å². The topological polar surface area (TPSA) is 70.7 Å². The van der Waals surface area contributed by atoms with Gasteiger partial charge in [-0.1, -0.05) is 18.2 Å². The number of benzene rings is 2. The second-order valence-electron chi connectivity index (χ2n) is 8.09. The van der Waals surface area contributed by atoms with E-state index in [1.54, 1.807) is 18.4 Å². The van der Waals surface area contributed by atoms with Gasteiger partial charge in [-0.25, -0.2) is 0 Å². The third-order valence-electron chi connectivity index (χ3n) is 5.93. The number of thiophene rings is 1. The fourth-order valence-electron chi connectivity index (χ4n) is 4.03. The minimum Gasteiger partial charge on any atom is -0.497 e. The third-order valence-corrected chi connectivity index (χ3v) is 6.87. The summed E-state index contributed by atoms with van der Waals surface area (Å²) in [7, 11) is 1.63. The van der Waals surface area contributed by atoms with Gasteiger partial charge in [0.15, 0.2) is 0 Å². The minimum absolute atomic E-state index is 0.0110. The predicted molar refractivity (Wildman–Crippen MR) is 132 cm³/mol. The first kappa shape index (κ1) is 22.9. The summed E-state index contributed by atoms with van der Waals surface area (Å²) < 4.78 is 5.21. The van der Waals surface area contributed by atoms with Crippen LogP contribution in [-0.4, -0.2) is 43.5 Å². The van der Waals surface area contributed by atoms with E-state index in [9.17, 15) is 9.59 Å². The van der Waals surface area contributed by atoms with Crippen molar-refractivity contribution >= 4 is 34.5 Å². The van der Waals surface area contributed by atoms with Crippen LogP contribution in [0.5, 0.6) is 5.75 Å². The van der Waals surface area contributed by atoms with Crippen molar-refractivity contribution in [2.75, 3.05) is 32.1 Å². The highest BCUT2D eigenvalue weighted by molar-refractivity contribution is 7.09. The fraction of sp³-hybridized carbons (Fsp3) is 0.308. The molecule has 0 spiro atoms. The summed E-state index contributed by atoms with van der Waals surface area (Å²) in [5.41, 5.74) is 2.28. The molecule has 2 heterocycles. The van der Waals surface area contributed by atoms with Crippen molar-refractivity contribution in [2.24, 2.45) is 5.92 Å². The number of methoxy groups -OCH3 is 1. The number of piperidine rings is 1. The van der Waals surface area contributed by atoms with E-state index in [0.29, 0.717) is 38.0 Å². The van der Waals surface area contributed by atoms with Crippen molar-refractivity contribution in [1.29, 1.82) is 0 Å². The molecule has 0 unspecified atom stereocenters. The zero-order chi connectivity index (χ0) is 23.0. The smallest absolute Gasteiger partial charge is 0.255 e. The first-order chi connectivity index (χ1) is 16.1. The molecule has 4 rings (SSSR count). The van der Waals surface area contributed by atoms with Crippen molar-refractivity contribution in [3.8, 4) is 5.75 Å². The van der Waals surface area contributed by atoms with Gasteiger partial charge in [0.2, 0.25) is 5.91 Å². The number of para-hydroxylation sites is 1. The molecule has 2 amide bonds. The van der Waals surface area contributed by atoms with Crippen LogP contribution in [0.15, 0.2) is 66.0 Å². The number of hydrogen-bond acceptors (Lipinski definition) is 5. The Kier molecular flexibility index (Phi) is 7.62. The number of likely N-dealkylation sites (tertiary alicyclic amines) is 1. The third kappa shape index (κ3) is 5.93. The first-order valence-electron chi connectivity index (χ1n) is 11.2. The molecule has 2 N–H and O–H groups in total. The number of amides is 2. The monoisotopic (exact) mass is 463 g/mol. The lowest BCUT2D eigenvalue weighted by Crippen LogP contribution is -2.43. The van der Waals surface area contributed by atoms with Gasteiger partial charge in [-0.15, -0.1) is 11.3 Å². The summed E-state index contributed by atoms with van der Waals surface area (Å²) in [4.78, 5) is 28.9. The standard InChI is InChI=1S/C26H29N3O3S/c1-32-21-10-8-20(9-11-21)28-24-7-3-2-6-23(24)26(31)29-16-13-19(14-17-29)25(30)27-15-12-22-5-4-18-33-22/h2-11,18-19,28H,12-17H2,1H3,(H,27,30). The van der Waals surface area contributed by atoms with Crippen LogP contribution in [0.4, 0.5) is 11.4 Å². The number of ether oxygens (including phenoxy) is 1. The molecule has 1 saturated heterocycles. The van der Waals surface area contributed by atoms with E-state index < -0.39 is 0 Å². The van der Waals surface area contributed by atoms with Gasteiger partial charge >= 0.3 is 0 Å². The summed E-state index contributed by atoms with van der Waals surface area (Å²) in [6, 6.07) is 19.2. The molecule has 0 radical (unpaired) electrons. The molecule has 7 heteroatoms. The van der Waals surface area contributed by atoms with Crippen molar-refractivity contribution in [3.05, 3.63) is 76.5 Å². The van der Waals surface area contributed by atoms with E-state index in [1.165, 1.54) is 4.88 Å². The van der Waals surface area contributed by atoms with Crippen molar-refractivity contribution in [1.82, 2.24) is 10.2 Å². The van der Waals surface area contributed by atoms with E-state index in [4.69, 9.17) is 4.74 Å². The molecule has 0 aliphatic carbocycles. The van der Waals surface area contributed by atoms with Crippen LogP contribution in [0.3, 0.4) is 0 Å². The second-order valence-corrected chi connectivity index (χ2v) is 9.12. The van der Waals surface area contributed by atoms with Gasteiger partial charge in [0.1, 0.15) is 5.75 Å².